The molecule has 0 aliphatic rings. The second kappa shape index (κ2) is 2.48. The number of hydrogen-bond acceptors (Lipinski definition) is 1. The third-order valence-corrected chi connectivity index (χ3v) is 0. The van der Waals surface area contributed by atoms with E-state index in [9.17, 15) is 25.2 Å². The molecule has 0 rings (SSSR count). The largest absolute Gasteiger partial charge is 1.00 e. The first-order chi connectivity index (χ1) is 4.18. The fourth-order valence-electron chi connectivity index (χ4n) is 0. The van der Waals surface area contributed by atoms with Crippen molar-refractivity contribution in [2.24, 2.45) is 0 Å². The summed E-state index contributed by atoms with van der Waals surface area (Å²) in [7, 11) is -4.66. The average Bonchev–Trinajstić information content (AvgIpc) is 1.11. The van der Waals surface area contributed by atoms with Crippen LogP contribution in [0.25, 0.3) is 0 Å². The van der Waals surface area contributed by atoms with Crippen molar-refractivity contribution in [3.05, 3.63) is 0 Å². The van der Waals surface area contributed by atoms with Crippen molar-refractivity contribution in [3.63, 3.8) is 0 Å². The molecule has 0 radical (unpaired) electrons. The standard InChI is InChI=1S/C3H9N.F6P/c1-4(2)3;1-7(2,3,4,5)6/h1-3H3;/q;-1/p+1. The maximum absolute atomic E-state index is 10.7. The molecular formula is C3H10F6NP. The van der Waals surface area contributed by atoms with Gasteiger partial charge >= 0.3 is 34.4 Å². The van der Waals surface area contributed by atoms with Gasteiger partial charge in [0.25, 0.3) is 0 Å². The topological polar surface area (TPSA) is 3.24 Å². The summed E-state index contributed by atoms with van der Waals surface area (Å²) in [6.07, 6.45) is 0. The Bertz CT molecular complexity index is 110. The van der Waals surface area contributed by atoms with E-state index in [0.717, 1.165) is 0 Å². The molecule has 0 bridgehead atoms. The first-order valence-electron chi connectivity index (χ1n) is 2.36. The van der Waals surface area contributed by atoms with Crippen molar-refractivity contribution < 1.29 is 26.6 Å². The van der Waals surface area contributed by atoms with Gasteiger partial charge in [-0.15, -0.1) is 0 Å². The van der Waals surface area contributed by atoms with Gasteiger partial charge < -0.3 is 4.90 Å². The fourth-order valence-corrected chi connectivity index (χ4v) is 0. The third-order valence-electron chi connectivity index (χ3n) is 0. The number of hydrogen-bond donors (Lipinski definition) is 0. The van der Waals surface area contributed by atoms with Crippen LogP contribution in [0.4, 0.5) is 25.2 Å². The van der Waals surface area contributed by atoms with Gasteiger partial charge in [0, 0.05) is 0 Å². The molecule has 11 heavy (non-hydrogen) atoms. The Hall–Kier alpha value is -0.0300. The third kappa shape index (κ3) is 704000. The molecule has 0 aromatic rings. The van der Waals surface area contributed by atoms with Gasteiger partial charge in [-0.2, -0.15) is 0 Å². The first kappa shape index (κ1) is 13.6. The summed E-state index contributed by atoms with van der Waals surface area (Å²) in [5.41, 5.74) is 0. The Balaban J connectivity index is -0.000000142. The normalized spacial score (nSPS) is 18.0. The smallest absolute Gasteiger partial charge is 1.00 e. The van der Waals surface area contributed by atoms with E-state index in [4.69, 9.17) is 0 Å². The molecule has 0 heterocycles. The van der Waals surface area contributed by atoms with E-state index >= 15 is 0 Å². The molecule has 0 aromatic carbocycles. The van der Waals surface area contributed by atoms with Gasteiger partial charge in [0.1, 0.15) is 0 Å². The maximum Gasteiger partial charge on any atom is 1.00 e. The van der Waals surface area contributed by atoms with Crippen molar-refractivity contribution in [3.8, 4) is 0 Å². The summed E-state index contributed by atoms with van der Waals surface area (Å²) < 4.78 is 59.2. The average molecular weight is 205 g/mol. The van der Waals surface area contributed by atoms with Crippen LogP contribution in [-0.2, 0) is 0 Å². The summed E-state index contributed by atoms with van der Waals surface area (Å²) in [5, 5.41) is 0. The van der Waals surface area contributed by atoms with Crippen molar-refractivity contribution in [1.82, 2.24) is 4.90 Å². The zero-order valence-corrected chi connectivity index (χ0v) is 7.06. The second-order valence-corrected chi connectivity index (χ2v) is 4.22. The van der Waals surface area contributed by atoms with Crippen LogP contribution in [0.2, 0.25) is 0 Å². The van der Waals surface area contributed by atoms with Crippen molar-refractivity contribution in [1.29, 1.82) is 0 Å². The Morgan fingerprint density at radius 2 is 0.818 bits per heavy atom. The van der Waals surface area contributed by atoms with Crippen molar-refractivity contribution >= 4 is 7.81 Å². The van der Waals surface area contributed by atoms with Gasteiger partial charge in [-0.05, 0) is 21.1 Å². The van der Waals surface area contributed by atoms with Gasteiger partial charge in [0.2, 0.25) is 0 Å². The van der Waals surface area contributed by atoms with E-state index in [2.05, 4.69) is 0 Å². The summed E-state index contributed by atoms with van der Waals surface area (Å²) in [5.74, 6) is 0. The molecule has 0 saturated carbocycles. The summed E-state index contributed by atoms with van der Waals surface area (Å²) in [4.78, 5) is 2.00. The van der Waals surface area contributed by atoms with E-state index in [1.807, 2.05) is 26.0 Å². The van der Waals surface area contributed by atoms with Crippen molar-refractivity contribution in [2.75, 3.05) is 21.1 Å². The Morgan fingerprint density at radius 1 is 0.818 bits per heavy atom. The Morgan fingerprint density at radius 3 is 0.818 bits per heavy atom. The van der Waals surface area contributed by atoms with Crippen LogP contribution in [-0.4, -0.2) is 26.0 Å². The number of rotatable bonds is 0. The van der Waals surface area contributed by atoms with Crippen LogP contribution in [0.1, 0.15) is 1.43 Å². The molecule has 0 fully saturated rings. The van der Waals surface area contributed by atoms with E-state index in [1.54, 1.807) is 0 Å². The molecule has 0 atom stereocenters. The van der Waals surface area contributed by atoms with E-state index in [0.29, 0.717) is 0 Å². The molecule has 1 nitrogen and oxygen atoms in total. The van der Waals surface area contributed by atoms with Crippen LogP contribution >= 0.6 is 7.81 Å². The van der Waals surface area contributed by atoms with Gasteiger partial charge in [-0.3, -0.25) is 0 Å². The van der Waals surface area contributed by atoms with Crippen molar-refractivity contribution in [2.45, 2.75) is 0 Å². The molecule has 0 aliphatic heterocycles. The molecule has 0 unspecified atom stereocenters. The van der Waals surface area contributed by atoms with E-state index in [-0.39, 0.29) is 1.43 Å². The molecule has 0 amide bonds. The first-order valence-corrected chi connectivity index (χ1v) is 4.38. The summed E-state index contributed by atoms with van der Waals surface area (Å²) in [6.45, 7) is 0. The molecular weight excluding hydrogens is 195 g/mol. The predicted octanol–water partition coefficient (Wildman–Crippen LogP) is 3.67. The van der Waals surface area contributed by atoms with E-state index < -0.39 is 7.81 Å². The van der Waals surface area contributed by atoms with Crippen LogP contribution in [0.15, 0.2) is 0 Å². The van der Waals surface area contributed by atoms with Gasteiger partial charge in [-0.1, -0.05) is 0 Å². The minimum absolute atomic E-state index is 0. The van der Waals surface area contributed by atoms with Gasteiger partial charge in [0.15, 0.2) is 0 Å². The maximum atomic E-state index is 9.87. The minimum Gasteiger partial charge on any atom is 1.00 e. The SMILES string of the molecule is CN(C)C.F[P-](F)(F)(F)(F)F.[H+]. The molecule has 0 saturated heterocycles. The van der Waals surface area contributed by atoms with Gasteiger partial charge in [-0.25, -0.2) is 0 Å². The van der Waals surface area contributed by atoms with Crippen LogP contribution < -0.4 is 0 Å². The Kier molecular flexibility index (Phi) is 3.06. The predicted molar refractivity (Wildman–Crippen MR) is 34.3 cm³/mol. The minimum atomic E-state index is -10.7. The number of nitrogens with zero attached hydrogens (tertiary/aromatic N) is 1. The monoisotopic (exact) mass is 205 g/mol. The zero-order chi connectivity index (χ0) is 9.99. The fraction of sp³-hybridized carbons (Fsp3) is 1.00. The second-order valence-electron chi connectivity index (χ2n) is 2.30. The molecule has 0 spiro atoms. The van der Waals surface area contributed by atoms with Gasteiger partial charge in [0.05, 0.1) is 0 Å². The van der Waals surface area contributed by atoms with Crippen LogP contribution in [0.5, 0.6) is 0 Å². The quantitative estimate of drug-likeness (QED) is 0.430. The Labute approximate surface area is 61.7 Å². The summed E-state index contributed by atoms with van der Waals surface area (Å²) in [6, 6.07) is 0. The molecule has 8 heteroatoms. The molecule has 0 aliphatic carbocycles. The summed E-state index contributed by atoms with van der Waals surface area (Å²) >= 11 is 0. The molecule has 74 valence electrons. The molecule has 0 N–H and O–H groups in total. The van der Waals surface area contributed by atoms with Crippen LogP contribution in [0, 0.1) is 0 Å². The van der Waals surface area contributed by atoms with Crippen LogP contribution in [0.3, 0.4) is 0 Å². The number of halogens is 6. The molecule has 0 aromatic heterocycles. The van der Waals surface area contributed by atoms with E-state index in [1.165, 1.54) is 0 Å². The zero-order valence-electron chi connectivity index (χ0n) is 7.16.